The van der Waals surface area contributed by atoms with Crippen LogP contribution in [0.4, 0.5) is 0 Å². The first-order chi connectivity index (χ1) is 6.68. The van der Waals surface area contributed by atoms with Crippen molar-refractivity contribution in [2.45, 2.75) is 6.92 Å². The normalized spacial score (nSPS) is 20.6. The second kappa shape index (κ2) is 3.49. The van der Waals surface area contributed by atoms with Gasteiger partial charge in [0.2, 0.25) is 0 Å². The molecule has 4 nitrogen and oxygen atoms in total. The van der Waals surface area contributed by atoms with Gasteiger partial charge in [-0.15, -0.1) is 0 Å². The van der Waals surface area contributed by atoms with E-state index in [9.17, 15) is 4.79 Å². The Labute approximate surface area is 86.1 Å². The molecule has 0 aromatic carbocycles. The van der Waals surface area contributed by atoms with Crippen molar-refractivity contribution in [3.8, 4) is 0 Å². The maximum Gasteiger partial charge on any atom is 0.339 e. The Hall–Kier alpha value is -1.23. The molecule has 2 aliphatic rings. The highest BCUT2D eigenvalue weighted by Gasteiger charge is 2.25. The molecule has 0 atom stereocenters. The van der Waals surface area contributed by atoms with Crippen molar-refractivity contribution in [1.82, 2.24) is 4.90 Å². The molecule has 0 fully saturated rings. The minimum atomic E-state index is -0.913. The van der Waals surface area contributed by atoms with E-state index in [1.54, 1.807) is 6.08 Å². The molecule has 0 unspecified atom stereocenters. The van der Waals surface area contributed by atoms with Crippen LogP contribution in [0.3, 0.4) is 0 Å². The van der Waals surface area contributed by atoms with Gasteiger partial charge in [-0.25, -0.2) is 4.79 Å². The number of rotatable bonds is 1. The molecule has 2 aliphatic heterocycles. The molecule has 0 aromatic rings. The summed E-state index contributed by atoms with van der Waals surface area (Å²) in [7, 11) is 0. The zero-order chi connectivity index (χ0) is 10.1. The van der Waals surface area contributed by atoms with E-state index in [1.165, 1.54) is 11.9 Å². The van der Waals surface area contributed by atoms with E-state index in [0.717, 1.165) is 17.9 Å². The van der Waals surface area contributed by atoms with Gasteiger partial charge in [0, 0.05) is 18.5 Å². The Bertz CT molecular complexity index is 371. The average molecular weight is 210 g/mol. The number of carboxylic acids is 1. The summed E-state index contributed by atoms with van der Waals surface area (Å²) in [5.41, 5.74) is 1.24. The second-order valence-corrected chi connectivity index (χ2v) is 4.03. The van der Waals surface area contributed by atoms with Crippen LogP contribution in [-0.2, 0) is 4.79 Å². The Morgan fingerprint density at radius 1 is 1.71 bits per heavy atom. The van der Waals surface area contributed by atoms with Crippen LogP contribution in [-0.4, -0.2) is 34.1 Å². The maximum atomic E-state index is 10.9. The van der Waals surface area contributed by atoms with Gasteiger partial charge >= 0.3 is 5.97 Å². The Balaban J connectivity index is 2.42. The third kappa shape index (κ3) is 1.55. The number of hydrogen-bond acceptors (Lipinski definition) is 4. The van der Waals surface area contributed by atoms with E-state index in [-0.39, 0.29) is 5.57 Å². The van der Waals surface area contributed by atoms with E-state index in [0.29, 0.717) is 5.84 Å². The number of amidine groups is 1. The summed E-state index contributed by atoms with van der Waals surface area (Å²) in [5.74, 6) is 0.559. The van der Waals surface area contributed by atoms with Gasteiger partial charge in [-0.1, -0.05) is 0 Å². The third-order valence-corrected chi connectivity index (χ3v) is 2.72. The molecule has 0 amide bonds. The van der Waals surface area contributed by atoms with Crippen LogP contribution in [0.1, 0.15) is 6.92 Å². The lowest BCUT2D eigenvalue weighted by molar-refractivity contribution is -0.132. The van der Waals surface area contributed by atoms with Gasteiger partial charge in [-0.2, -0.15) is 4.40 Å². The molecule has 0 saturated heterocycles. The van der Waals surface area contributed by atoms with Gasteiger partial charge in [0.25, 0.3) is 0 Å². The molecule has 14 heavy (non-hydrogen) atoms. The van der Waals surface area contributed by atoms with E-state index < -0.39 is 5.97 Å². The first-order valence-corrected chi connectivity index (χ1v) is 5.23. The highest BCUT2D eigenvalue weighted by molar-refractivity contribution is 7.98. The quantitative estimate of drug-likeness (QED) is 0.662. The Morgan fingerprint density at radius 2 is 2.50 bits per heavy atom. The highest BCUT2D eigenvalue weighted by atomic mass is 32.2. The summed E-state index contributed by atoms with van der Waals surface area (Å²) < 4.78 is 4.15. The van der Waals surface area contributed by atoms with Crippen LogP contribution in [0.25, 0.3) is 0 Å². The van der Waals surface area contributed by atoms with Crippen LogP contribution < -0.4 is 0 Å². The van der Waals surface area contributed by atoms with Crippen molar-refractivity contribution in [2.24, 2.45) is 4.40 Å². The molecular weight excluding hydrogens is 200 g/mol. The van der Waals surface area contributed by atoms with Crippen molar-refractivity contribution in [1.29, 1.82) is 0 Å². The summed E-state index contributed by atoms with van der Waals surface area (Å²) >= 11 is 1.42. The van der Waals surface area contributed by atoms with Crippen LogP contribution in [0.5, 0.6) is 0 Å². The van der Waals surface area contributed by atoms with Crippen molar-refractivity contribution < 1.29 is 9.90 Å². The molecule has 2 rings (SSSR count). The Kier molecular flexibility index (Phi) is 2.33. The number of carbonyl (C=O) groups is 1. The lowest BCUT2D eigenvalue weighted by atomic mass is 10.1. The minimum absolute atomic E-state index is 0.289. The summed E-state index contributed by atoms with van der Waals surface area (Å²) in [5, 5.41) is 8.98. The number of aliphatic carboxylic acids is 1. The monoisotopic (exact) mass is 210 g/mol. The molecule has 2 heterocycles. The second-order valence-electron chi connectivity index (χ2n) is 3.18. The van der Waals surface area contributed by atoms with E-state index in [1.807, 2.05) is 18.0 Å². The molecule has 0 radical (unpaired) electrons. The van der Waals surface area contributed by atoms with Gasteiger partial charge in [0.1, 0.15) is 5.57 Å². The summed E-state index contributed by atoms with van der Waals surface area (Å²) in [6.07, 6.45) is 3.59. The first kappa shape index (κ1) is 9.33. The van der Waals surface area contributed by atoms with Crippen molar-refractivity contribution in [3.63, 3.8) is 0 Å². The minimum Gasteiger partial charge on any atom is -0.478 e. The smallest absolute Gasteiger partial charge is 0.339 e. The molecule has 0 aliphatic carbocycles. The molecule has 0 aromatic heterocycles. The molecule has 74 valence electrons. The molecule has 1 N–H and O–H groups in total. The predicted octanol–water partition coefficient (Wildman–Crippen LogP) is 1.28. The van der Waals surface area contributed by atoms with Crippen LogP contribution in [0, 0.1) is 0 Å². The van der Waals surface area contributed by atoms with Crippen molar-refractivity contribution in [2.75, 3.05) is 12.3 Å². The fraction of sp³-hybridized carbons (Fsp3) is 0.333. The maximum absolute atomic E-state index is 10.9. The number of carboxylic acid groups (broad SMARTS) is 1. The number of hydrogen-bond donors (Lipinski definition) is 1. The molecule has 5 heteroatoms. The summed E-state index contributed by atoms with van der Waals surface area (Å²) in [6, 6.07) is 0. The standard InChI is InChI=1S/C9H10N2O2S/c1-6-4-7(9(12)13)8-10-14-3-2-11(8)5-6/h4-5H,2-3H2,1H3,(H,12,13). The van der Waals surface area contributed by atoms with Gasteiger partial charge < -0.3 is 10.0 Å². The fourth-order valence-corrected chi connectivity index (χ4v) is 2.16. The van der Waals surface area contributed by atoms with Crippen LogP contribution in [0.2, 0.25) is 0 Å². The number of nitrogens with zero attached hydrogens (tertiary/aromatic N) is 2. The van der Waals surface area contributed by atoms with Gasteiger partial charge in [-0.05, 0) is 30.5 Å². The van der Waals surface area contributed by atoms with E-state index in [4.69, 9.17) is 5.11 Å². The fourth-order valence-electron chi connectivity index (χ4n) is 1.47. The lowest BCUT2D eigenvalue weighted by Gasteiger charge is -2.28. The molecule has 0 spiro atoms. The average Bonchev–Trinajstić information content (AvgIpc) is 2.16. The van der Waals surface area contributed by atoms with Crippen molar-refractivity contribution in [3.05, 3.63) is 23.4 Å². The topological polar surface area (TPSA) is 52.9 Å². The van der Waals surface area contributed by atoms with Crippen LogP contribution >= 0.6 is 11.9 Å². The SMILES string of the molecule is CC1=CN2CCSN=C2C(C(=O)O)=C1. The lowest BCUT2D eigenvalue weighted by Crippen LogP contribution is -2.36. The highest BCUT2D eigenvalue weighted by Crippen LogP contribution is 2.23. The number of allylic oxidation sites excluding steroid dienone is 2. The molecule has 0 bridgehead atoms. The first-order valence-electron chi connectivity index (χ1n) is 4.29. The third-order valence-electron chi connectivity index (χ3n) is 2.05. The largest absolute Gasteiger partial charge is 0.478 e. The van der Waals surface area contributed by atoms with E-state index in [2.05, 4.69) is 4.40 Å². The van der Waals surface area contributed by atoms with Gasteiger partial charge in [-0.3, -0.25) is 0 Å². The molecule has 0 saturated carbocycles. The van der Waals surface area contributed by atoms with Crippen molar-refractivity contribution >= 4 is 23.8 Å². The zero-order valence-corrected chi connectivity index (χ0v) is 8.54. The van der Waals surface area contributed by atoms with Gasteiger partial charge in [0.05, 0.1) is 0 Å². The van der Waals surface area contributed by atoms with Crippen LogP contribution in [0.15, 0.2) is 27.8 Å². The number of fused-ring (bicyclic) bond motifs is 1. The molecular formula is C9H10N2O2S. The zero-order valence-electron chi connectivity index (χ0n) is 7.73. The Morgan fingerprint density at radius 3 is 3.21 bits per heavy atom. The van der Waals surface area contributed by atoms with E-state index >= 15 is 0 Å². The van der Waals surface area contributed by atoms with Gasteiger partial charge in [0.15, 0.2) is 5.84 Å². The predicted molar refractivity (Wildman–Crippen MR) is 56.1 cm³/mol. The summed E-state index contributed by atoms with van der Waals surface area (Å²) in [6.45, 7) is 2.72. The summed E-state index contributed by atoms with van der Waals surface area (Å²) in [4.78, 5) is 12.8.